The molecule has 2 atom stereocenters. The fourth-order valence-electron chi connectivity index (χ4n) is 2.82. The Hall–Kier alpha value is -2.04. The lowest BCUT2D eigenvalue weighted by atomic mass is 9.95. The summed E-state index contributed by atoms with van der Waals surface area (Å²) < 4.78 is 5.09. The molecular weight excluding hydrogens is 270 g/mol. The van der Waals surface area contributed by atoms with Crippen LogP contribution in [0.5, 0.6) is 5.75 Å². The molecule has 1 saturated carbocycles. The molecule has 0 aromatic heterocycles. The highest BCUT2D eigenvalue weighted by atomic mass is 16.5. The molecule has 2 N–H and O–H groups in total. The number of nitrogens with one attached hydrogen (secondary N) is 1. The summed E-state index contributed by atoms with van der Waals surface area (Å²) in [4.78, 5) is 23.1. The zero-order valence-electron chi connectivity index (χ0n) is 12.2. The number of aliphatic carboxylic acids is 1. The van der Waals surface area contributed by atoms with Crippen LogP contribution in [0.2, 0.25) is 0 Å². The van der Waals surface area contributed by atoms with Crippen molar-refractivity contribution in [3.8, 4) is 5.75 Å². The molecule has 1 fully saturated rings. The number of hydrogen-bond donors (Lipinski definition) is 2. The maximum atomic E-state index is 12.1. The molecule has 0 bridgehead atoms. The van der Waals surface area contributed by atoms with Crippen LogP contribution in [0.3, 0.4) is 0 Å². The first kappa shape index (κ1) is 15.4. The molecule has 5 heteroatoms. The lowest BCUT2D eigenvalue weighted by Gasteiger charge is -2.15. The van der Waals surface area contributed by atoms with Crippen molar-refractivity contribution >= 4 is 11.9 Å². The van der Waals surface area contributed by atoms with Gasteiger partial charge in [-0.2, -0.15) is 0 Å². The van der Waals surface area contributed by atoms with E-state index in [1.807, 2.05) is 24.3 Å². The van der Waals surface area contributed by atoms with Gasteiger partial charge in [0.1, 0.15) is 5.75 Å². The number of amides is 1. The van der Waals surface area contributed by atoms with Crippen LogP contribution < -0.4 is 10.1 Å². The predicted molar refractivity (Wildman–Crippen MR) is 78.2 cm³/mol. The van der Waals surface area contributed by atoms with E-state index in [0.717, 1.165) is 24.2 Å². The normalized spacial score (nSPS) is 21.0. The molecule has 0 radical (unpaired) electrons. The van der Waals surface area contributed by atoms with Crippen molar-refractivity contribution < 1.29 is 19.4 Å². The third-order valence-corrected chi connectivity index (χ3v) is 4.04. The molecule has 1 amide bonds. The van der Waals surface area contributed by atoms with Gasteiger partial charge in [-0.05, 0) is 37.0 Å². The maximum Gasteiger partial charge on any atom is 0.307 e. The second-order valence-corrected chi connectivity index (χ2v) is 5.37. The summed E-state index contributed by atoms with van der Waals surface area (Å²) in [5.74, 6) is -1.08. The highest BCUT2D eigenvalue weighted by Gasteiger charge is 2.37. The first-order valence-corrected chi connectivity index (χ1v) is 7.25. The van der Waals surface area contributed by atoms with E-state index in [1.54, 1.807) is 7.11 Å². The summed E-state index contributed by atoms with van der Waals surface area (Å²) in [7, 11) is 1.62. The highest BCUT2D eigenvalue weighted by molar-refractivity contribution is 5.85. The Bertz CT molecular complexity index is 498. The van der Waals surface area contributed by atoms with Gasteiger partial charge in [0.05, 0.1) is 18.9 Å². The number of carboxylic acids is 1. The lowest BCUT2D eigenvalue weighted by Crippen LogP contribution is -2.36. The minimum Gasteiger partial charge on any atom is -0.497 e. The van der Waals surface area contributed by atoms with Crippen LogP contribution in [-0.2, 0) is 16.0 Å². The molecule has 2 rings (SSSR count). The van der Waals surface area contributed by atoms with E-state index >= 15 is 0 Å². The summed E-state index contributed by atoms with van der Waals surface area (Å²) in [5.41, 5.74) is 1.11. The first-order valence-electron chi connectivity index (χ1n) is 7.25. The second-order valence-electron chi connectivity index (χ2n) is 5.37. The molecule has 1 aromatic carbocycles. The Morgan fingerprint density at radius 2 is 1.90 bits per heavy atom. The van der Waals surface area contributed by atoms with Crippen LogP contribution in [0.25, 0.3) is 0 Å². The third kappa shape index (κ3) is 3.97. The number of benzene rings is 1. The van der Waals surface area contributed by atoms with Gasteiger partial charge < -0.3 is 15.2 Å². The maximum absolute atomic E-state index is 12.1. The molecule has 21 heavy (non-hydrogen) atoms. The molecule has 1 aromatic rings. The molecule has 114 valence electrons. The Labute approximate surface area is 124 Å². The minimum atomic E-state index is -0.859. The predicted octanol–water partition coefficient (Wildman–Crippen LogP) is 1.85. The number of carbonyl (C=O) groups is 2. The summed E-state index contributed by atoms with van der Waals surface area (Å²) in [5, 5.41) is 11.9. The largest absolute Gasteiger partial charge is 0.497 e. The van der Waals surface area contributed by atoms with E-state index in [9.17, 15) is 9.59 Å². The quantitative estimate of drug-likeness (QED) is 0.838. The van der Waals surface area contributed by atoms with Crippen molar-refractivity contribution in [2.45, 2.75) is 25.7 Å². The molecule has 0 spiro atoms. The van der Waals surface area contributed by atoms with Gasteiger partial charge in [0.15, 0.2) is 0 Å². The van der Waals surface area contributed by atoms with Gasteiger partial charge in [0, 0.05) is 6.54 Å². The van der Waals surface area contributed by atoms with E-state index in [4.69, 9.17) is 9.84 Å². The zero-order chi connectivity index (χ0) is 15.2. The van der Waals surface area contributed by atoms with Crippen molar-refractivity contribution in [3.05, 3.63) is 29.8 Å². The summed E-state index contributed by atoms with van der Waals surface area (Å²) in [6, 6.07) is 7.68. The van der Waals surface area contributed by atoms with Gasteiger partial charge in [-0.15, -0.1) is 0 Å². The van der Waals surface area contributed by atoms with Gasteiger partial charge in [0.2, 0.25) is 5.91 Å². The second kappa shape index (κ2) is 7.11. The Morgan fingerprint density at radius 3 is 2.52 bits per heavy atom. The molecule has 0 unspecified atom stereocenters. The number of hydrogen-bond acceptors (Lipinski definition) is 3. The number of methoxy groups -OCH3 is 1. The van der Waals surface area contributed by atoms with Gasteiger partial charge >= 0.3 is 5.97 Å². The van der Waals surface area contributed by atoms with Crippen LogP contribution in [0.1, 0.15) is 24.8 Å². The van der Waals surface area contributed by atoms with Crippen molar-refractivity contribution in [2.75, 3.05) is 13.7 Å². The fraction of sp³-hybridized carbons (Fsp3) is 0.500. The smallest absolute Gasteiger partial charge is 0.307 e. The van der Waals surface area contributed by atoms with Gasteiger partial charge in [0.25, 0.3) is 0 Å². The molecular formula is C16H21NO4. The molecule has 5 nitrogen and oxygen atoms in total. The van der Waals surface area contributed by atoms with E-state index in [1.165, 1.54) is 0 Å². The average Bonchev–Trinajstić information content (AvgIpc) is 2.97. The van der Waals surface area contributed by atoms with E-state index in [2.05, 4.69) is 5.32 Å². The zero-order valence-corrected chi connectivity index (χ0v) is 12.2. The van der Waals surface area contributed by atoms with E-state index < -0.39 is 11.9 Å². The number of carboxylic acid groups (broad SMARTS) is 1. The fourth-order valence-corrected chi connectivity index (χ4v) is 2.82. The summed E-state index contributed by atoms with van der Waals surface area (Å²) >= 11 is 0. The SMILES string of the molecule is COc1ccc(CCNC(=O)[C@@H]2CCC[C@@H]2C(=O)O)cc1. The van der Waals surface area contributed by atoms with Gasteiger partial charge in [-0.25, -0.2) is 0 Å². The topological polar surface area (TPSA) is 75.6 Å². The van der Waals surface area contributed by atoms with Crippen molar-refractivity contribution in [2.24, 2.45) is 11.8 Å². The Morgan fingerprint density at radius 1 is 1.24 bits per heavy atom. The average molecular weight is 291 g/mol. The van der Waals surface area contributed by atoms with Gasteiger partial charge in [-0.3, -0.25) is 9.59 Å². The first-order chi connectivity index (χ1) is 10.1. The van der Waals surface area contributed by atoms with Crippen LogP contribution in [-0.4, -0.2) is 30.6 Å². The molecule has 0 saturated heterocycles. The van der Waals surface area contributed by atoms with Crippen molar-refractivity contribution in [1.82, 2.24) is 5.32 Å². The van der Waals surface area contributed by atoms with Crippen LogP contribution in [0.4, 0.5) is 0 Å². The molecule has 1 aliphatic rings. The highest BCUT2D eigenvalue weighted by Crippen LogP contribution is 2.31. The number of ether oxygens (including phenoxy) is 1. The third-order valence-electron chi connectivity index (χ3n) is 4.04. The minimum absolute atomic E-state index is 0.131. The molecule has 1 aliphatic carbocycles. The van der Waals surface area contributed by atoms with Crippen molar-refractivity contribution in [3.63, 3.8) is 0 Å². The summed E-state index contributed by atoms with van der Waals surface area (Å²) in [6.07, 6.45) is 2.81. The number of rotatable bonds is 6. The van der Waals surface area contributed by atoms with Crippen LogP contribution >= 0.6 is 0 Å². The van der Waals surface area contributed by atoms with E-state index in [0.29, 0.717) is 19.4 Å². The Balaban J connectivity index is 1.79. The van der Waals surface area contributed by atoms with Crippen molar-refractivity contribution in [1.29, 1.82) is 0 Å². The Kier molecular flexibility index (Phi) is 5.20. The number of carbonyl (C=O) groups excluding carboxylic acids is 1. The van der Waals surface area contributed by atoms with Crippen LogP contribution in [0.15, 0.2) is 24.3 Å². The monoisotopic (exact) mass is 291 g/mol. The summed E-state index contributed by atoms with van der Waals surface area (Å²) in [6.45, 7) is 0.522. The standard InChI is InChI=1S/C16H21NO4/c1-21-12-7-5-11(6-8-12)9-10-17-15(18)13-3-2-4-14(13)16(19)20/h5-8,13-14H,2-4,9-10H2,1H3,(H,17,18)(H,19,20)/t13-,14+/m1/s1. The molecule has 0 aliphatic heterocycles. The van der Waals surface area contributed by atoms with Gasteiger partial charge in [-0.1, -0.05) is 18.6 Å². The van der Waals surface area contributed by atoms with Crippen LogP contribution in [0, 0.1) is 11.8 Å². The molecule has 0 heterocycles. The van der Waals surface area contributed by atoms with E-state index in [-0.39, 0.29) is 11.8 Å². The lowest BCUT2D eigenvalue weighted by molar-refractivity contribution is -0.146.